The van der Waals surface area contributed by atoms with Crippen molar-refractivity contribution in [1.29, 1.82) is 0 Å². The van der Waals surface area contributed by atoms with E-state index in [4.69, 9.17) is 9.47 Å². The first-order valence-electron chi connectivity index (χ1n) is 12.6. The van der Waals surface area contributed by atoms with Crippen molar-refractivity contribution in [3.63, 3.8) is 0 Å². The fraction of sp³-hybridized carbons (Fsp3) is 0.593. The molecule has 1 fully saturated rings. The van der Waals surface area contributed by atoms with Crippen molar-refractivity contribution in [3.8, 4) is 0 Å². The van der Waals surface area contributed by atoms with Crippen LogP contribution >= 0.6 is 0 Å². The molecule has 0 amide bonds. The van der Waals surface area contributed by atoms with Crippen LogP contribution in [-0.2, 0) is 30.5 Å². The van der Waals surface area contributed by atoms with Crippen LogP contribution in [-0.4, -0.2) is 32.6 Å². The molecule has 0 aliphatic heterocycles. The van der Waals surface area contributed by atoms with Gasteiger partial charge in [-0.15, -0.1) is 0 Å². The monoisotopic (exact) mass is 543 g/mol. The Morgan fingerprint density at radius 2 is 1.84 bits per heavy atom. The number of carbonyl (C=O) groups is 1. The van der Waals surface area contributed by atoms with Crippen LogP contribution in [0.5, 0.6) is 0 Å². The van der Waals surface area contributed by atoms with Gasteiger partial charge in [-0.1, -0.05) is 26.3 Å². The Kier molecular flexibility index (Phi) is 8.84. The molecule has 10 heteroatoms. The van der Waals surface area contributed by atoms with Crippen molar-refractivity contribution in [3.05, 3.63) is 52.8 Å². The Balaban J connectivity index is 1.87. The number of allylic oxidation sites excluding steroid dienone is 2. The second kappa shape index (κ2) is 11.2. The number of carbonyl (C=O) groups excluding carboxylic acids is 1. The second-order valence-corrected chi connectivity index (χ2v) is 12.6. The quantitative estimate of drug-likeness (QED) is 0.412. The van der Waals surface area contributed by atoms with Crippen LogP contribution in [0.25, 0.3) is 0 Å². The summed E-state index contributed by atoms with van der Waals surface area (Å²) in [7, 11) is -4.24. The van der Waals surface area contributed by atoms with Gasteiger partial charge in [-0.25, -0.2) is 17.9 Å². The highest BCUT2D eigenvalue weighted by molar-refractivity contribution is 7.89. The number of rotatable bonds is 7. The molecular weight excluding hydrogens is 507 g/mol. The molecule has 0 saturated heterocycles. The Bertz CT molecular complexity index is 1160. The van der Waals surface area contributed by atoms with Gasteiger partial charge in [0.2, 0.25) is 10.0 Å². The van der Waals surface area contributed by atoms with Gasteiger partial charge in [-0.3, -0.25) is 0 Å². The summed E-state index contributed by atoms with van der Waals surface area (Å²) >= 11 is 0. The SMILES string of the molecule is CC(C)c1cc(C(F)(F)F)cc(S(=O)(=O)NC2CCCCC3=C(OCC(=O)OC(C)(C)C)C=CCC32)c1. The average Bonchev–Trinajstić information content (AvgIpc) is 2.98. The van der Waals surface area contributed by atoms with Gasteiger partial charge >= 0.3 is 12.1 Å². The summed E-state index contributed by atoms with van der Waals surface area (Å²) in [5, 5.41) is 0. The van der Waals surface area contributed by atoms with E-state index in [0.717, 1.165) is 24.5 Å². The van der Waals surface area contributed by atoms with Crippen LogP contribution in [0.2, 0.25) is 0 Å². The lowest BCUT2D eigenvalue weighted by molar-refractivity contribution is -0.158. The van der Waals surface area contributed by atoms with Crippen LogP contribution in [0.1, 0.15) is 83.8 Å². The minimum atomic E-state index is -4.66. The first kappa shape index (κ1) is 29.2. The fourth-order valence-corrected chi connectivity index (χ4v) is 6.07. The van der Waals surface area contributed by atoms with Gasteiger partial charge in [-0.05, 0) is 87.8 Å². The number of fused-ring (bicyclic) bond motifs is 1. The van der Waals surface area contributed by atoms with Gasteiger partial charge in [0.1, 0.15) is 11.4 Å². The molecule has 2 unspecified atom stereocenters. The smallest absolute Gasteiger partial charge is 0.416 e. The van der Waals surface area contributed by atoms with E-state index in [1.165, 1.54) is 6.07 Å². The summed E-state index contributed by atoms with van der Waals surface area (Å²) in [6, 6.07) is 2.48. The molecule has 1 aromatic carbocycles. The molecule has 6 nitrogen and oxygen atoms in total. The van der Waals surface area contributed by atoms with Crippen molar-refractivity contribution < 1.29 is 35.9 Å². The van der Waals surface area contributed by atoms with Crippen LogP contribution in [0.4, 0.5) is 13.2 Å². The molecule has 2 aliphatic carbocycles. The summed E-state index contributed by atoms with van der Waals surface area (Å²) in [6.45, 7) is 8.45. The molecule has 0 radical (unpaired) electrons. The second-order valence-electron chi connectivity index (χ2n) is 10.9. The molecular formula is C27H36F3NO5S. The highest BCUT2D eigenvalue weighted by Gasteiger charge is 2.36. The molecule has 1 saturated carbocycles. The topological polar surface area (TPSA) is 81.7 Å². The summed E-state index contributed by atoms with van der Waals surface area (Å²) in [5.74, 6) is -0.495. The van der Waals surface area contributed by atoms with E-state index in [2.05, 4.69) is 4.72 Å². The number of halogens is 3. The minimum absolute atomic E-state index is 0.230. The normalized spacial score (nSPS) is 21.0. The van der Waals surface area contributed by atoms with Gasteiger partial charge in [0.25, 0.3) is 0 Å². The van der Waals surface area contributed by atoms with Gasteiger partial charge in [-0.2, -0.15) is 13.2 Å². The van der Waals surface area contributed by atoms with Crippen LogP contribution in [0.15, 0.2) is 46.6 Å². The van der Waals surface area contributed by atoms with Crippen molar-refractivity contribution in [2.75, 3.05) is 6.61 Å². The molecule has 2 aliphatic rings. The summed E-state index contributed by atoms with van der Waals surface area (Å²) < 4.78 is 81.1. The van der Waals surface area contributed by atoms with E-state index in [0.29, 0.717) is 36.7 Å². The van der Waals surface area contributed by atoms with Crippen molar-refractivity contribution in [2.45, 2.75) is 95.4 Å². The molecule has 0 spiro atoms. The third-order valence-corrected chi connectivity index (χ3v) is 7.89. The lowest BCUT2D eigenvalue weighted by atomic mass is 9.84. The van der Waals surface area contributed by atoms with Crippen molar-refractivity contribution in [1.82, 2.24) is 4.72 Å². The van der Waals surface area contributed by atoms with E-state index >= 15 is 0 Å². The Morgan fingerprint density at radius 3 is 2.46 bits per heavy atom. The van der Waals surface area contributed by atoms with Crippen molar-refractivity contribution in [2.24, 2.45) is 5.92 Å². The minimum Gasteiger partial charge on any atom is -0.482 e. The first-order chi connectivity index (χ1) is 17.1. The fourth-order valence-electron chi connectivity index (χ4n) is 4.68. The molecule has 0 heterocycles. The molecule has 1 aromatic rings. The molecule has 0 aromatic heterocycles. The number of ether oxygens (including phenoxy) is 2. The van der Waals surface area contributed by atoms with E-state index in [-0.39, 0.29) is 18.4 Å². The predicted molar refractivity (Wildman–Crippen MR) is 134 cm³/mol. The Morgan fingerprint density at radius 1 is 1.14 bits per heavy atom. The maximum Gasteiger partial charge on any atom is 0.416 e. The molecule has 1 N–H and O–H groups in total. The molecule has 37 heavy (non-hydrogen) atoms. The first-order valence-corrected chi connectivity index (χ1v) is 14.0. The van der Waals surface area contributed by atoms with Gasteiger partial charge in [0.05, 0.1) is 10.5 Å². The third-order valence-electron chi connectivity index (χ3n) is 6.43. The molecule has 3 rings (SSSR count). The summed E-state index contributed by atoms with van der Waals surface area (Å²) in [6.07, 6.45) is 2.31. The zero-order chi connectivity index (χ0) is 27.6. The molecule has 0 bridgehead atoms. The number of alkyl halides is 3. The lowest BCUT2D eigenvalue weighted by Crippen LogP contribution is -2.41. The summed E-state index contributed by atoms with van der Waals surface area (Å²) in [5.41, 5.74) is -0.425. The highest BCUT2D eigenvalue weighted by Crippen LogP contribution is 2.38. The third kappa shape index (κ3) is 7.83. The van der Waals surface area contributed by atoms with Gasteiger partial charge in [0.15, 0.2) is 6.61 Å². The van der Waals surface area contributed by atoms with Crippen LogP contribution in [0.3, 0.4) is 0 Å². The number of sulfonamides is 1. The van der Waals surface area contributed by atoms with E-state index in [1.807, 2.05) is 6.08 Å². The maximum atomic E-state index is 13.5. The number of esters is 1. The Labute approximate surface area is 217 Å². The zero-order valence-corrected chi connectivity index (χ0v) is 22.8. The number of hydrogen-bond donors (Lipinski definition) is 1. The van der Waals surface area contributed by atoms with Crippen molar-refractivity contribution >= 4 is 16.0 Å². The lowest BCUT2D eigenvalue weighted by Gasteiger charge is -2.30. The predicted octanol–water partition coefficient (Wildman–Crippen LogP) is 6.24. The van der Waals surface area contributed by atoms with E-state index in [1.54, 1.807) is 40.7 Å². The summed E-state index contributed by atoms with van der Waals surface area (Å²) in [4.78, 5) is 11.8. The zero-order valence-electron chi connectivity index (χ0n) is 21.9. The van der Waals surface area contributed by atoms with E-state index in [9.17, 15) is 26.4 Å². The Hall–Kier alpha value is -2.33. The van der Waals surface area contributed by atoms with E-state index < -0.39 is 44.3 Å². The van der Waals surface area contributed by atoms with Crippen LogP contribution in [0, 0.1) is 5.92 Å². The maximum absolute atomic E-state index is 13.5. The number of nitrogens with one attached hydrogen (secondary N) is 1. The average molecular weight is 544 g/mol. The largest absolute Gasteiger partial charge is 0.482 e. The molecule has 206 valence electrons. The van der Waals surface area contributed by atoms with Gasteiger partial charge in [0, 0.05) is 12.0 Å². The standard InChI is InChI=1S/C27H36F3NO5S/c1-17(2)18-13-19(27(28,29)30)15-20(14-18)37(33,34)31-23-11-7-6-9-22-21(23)10-8-12-24(22)35-16-25(32)36-26(3,4)5/h8,12-15,17,21,23,31H,6-7,9-11,16H2,1-5H3. The molecule has 2 atom stereocenters. The van der Waals surface area contributed by atoms with Gasteiger partial charge < -0.3 is 9.47 Å². The number of hydrogen-bond acceptors (Lipinski definition) is 5. The highest BCUT2D eigenvalue weighted by atomic mass is 32.2. The van der Waals surface area contributed by atoms with Crippen LogP contribution < -0.4 is 4.72 Å². The number of benzene rings is 1.